The molecular weight excluding hydrogens is 229 g/mol. The molecule has 1 aromatic rings. The van der Waals surface area contributed by atoms with E-state index in [0.717, 1.165) is 0 Å². The number of hydrogen-bond acceptors (Lipinski definition) is 2. The summed E-state index contributed by atoms with van der Waals surface area (Å²) in [5.74, 6) is -0.742. The maximum absolute atomic E-state index is 12.6. The Hall–Kier alpha value is -1.23. The maximum Gasteiger partial charge on any atom is 0.233 e. The van der Waals surface area contributed by atoms with E-state index in [1.165, 1.54) is 24.3 Å². The van der Waals surface area contributed by atoms with Crippen molar-refractivity contribution in [2.45, 2.75) is 24.8 Å². The highest BCUT2D eigenvalue weighted by Crippen LogP contribution is 2.07. The normalized spacial score (nSPS) is 12.5. The molecule has 0 spiro atoms. The van der Waals surface area contributed by atoms with Crippen molar-refractivity contribution in [3.63, 3.8) is 0 Å². The Morgan fingerprint density at radius 1 is 1.38 bits per heavy atom. The van der Waals surface area contributed by atoms with Gasteiger partial charge in [0.1, 0.15) is 11.6 Å². The van der Waals surface area contributed by atoms with Crippen LogP contribution in [0.2, 0.25) is 0 Å². The van der Waals surface area contributed by atoms with E-state index in [2.05, 4.69) is 5.32 Å². The first kappa shape index (κ1) is 12.8. The summed E-state index contributed by atoms with van der Waals surface area (Å²) in [6.07, 6.45) is 0. The number of carbonyl (C=O) groups excluding carboxylic acids is 1. The van der Waals surface area contributed by atoms with Crippen molar-refractivity contribution in [1.29, 1.82) is 0 Å². The molecule has 3 nitrogen and oxygen atoms in total. The minimum atomic E-state index is -1.42. The summed E-state index contributed by atoms with van der Waals surface area (Å²) in [4.78, 5) is 11.8. The molecule has 0 saturated carbocycles. The standard InChI is InChI=1S/C11H14FNO2S/c1-8(2)13-11(14)7-16(15)10-5-3-9(12)4-6-10/h3-6,8H,7H2,1-2H3,(H,13,14). The maximum atomic E-state index is 12.6. The lowest BCUT2D eigenvalue weighted by Gasteiger charge is -2.07. The topological polar surface area (TPSA) is 46.2 Å². The summed E-state index contributed by atoms with van der Waals surface area (Å²) in [6, 6.07) is 5.33. The first-order valence-corrected chi connectivity index (χ1v) is 6.24. The van der Waals surface area contributed by atoms with Crippen LogP contribution in [-0.2, 0) is 15.6 Å². The molecule has 0 heterocycles. The molecule has 0 radical (unpaired) electrons. The molecule has 0 aliphatic carbocycles. The van der Waals surface area contributed by atoms with Gasteiger partial charge in [0, 0.05) is 10.9 Å². The number of hydrogen-bond donors (Lipinski definition) is 1. The molecule has 5 heteroatoms. The smallest absolute Gasteiger partial charge is 0.233 e. The van der Waals surface area contributed by atoms with Crippen molar-refractivity contribution >= 4 is 16.7 Å². The molecule has 0 bridgehead atoms. The van der Waals surface area contributed by atoms with Crippen LogP contribution >= 0.6 is 0 Å². The second-order valence-electron chi connectivity index (χ2n) is 3.67. The zero-order valence-electron chi connectivity index (χ0n) is 9.20. The molecule has 0 aliphatic heterocycles. The van der Waals surface area contributed by atoms with Crippen molar-refractivity contribution in [2.24, 2.45) is 0 Å². The highest BCUT2D eigenvalue weighted by molar-refractivity contribution is 7.85. The van der Waals surface area contributed by atoms with Crippen molar-refractivity contribution in [3.8, 4) is 0 Å². The Morgan fingerprint density at radius 3 is 2.44 bits per heavy atom. The summed E-state index contributed by atoms with van der Waals surface area (Å²) in [5, 5.41) is 2.65. The van der Waals surface area contributed by atoms with Crippen LogP contribution in [0, 0.1) is 5.82 Å². The van der Waals surface area contributed by atoms with E-state index >= 15 is 0 Å². The third kappa shape index (κ3) is 4.10. The molecule has 0 fully saturated rings. The van der Waals surface area contributed by atoms with Crippen molar-refractivity contribution in [2.75, 3.05) is 5.75 Å². The Balaban J connectivity index is 2.59. The van der Waals surface area contributed by atoms with E-state index in [1.807, 2.05) is 13.8 Å². The average Bonchev–Trinajstić information content (AvgIpc) is 2.16. The van der Waals surface area contributed by atoms with Crippen LogP contribution in [0.15, 0.2) is 29.2 Å². The van der Waals surface area contributed by atoms with Gasteiger partial charge in [-0.15, -0.1) is 0 Å². The summed E-state index contributed by atoms with van der Waals surface area (Å²) in [5.41, 5.74) is 0. The average molecular weight is 243 g/mol. The second-order valence-corrected chi connectivity index (χ2v) is 5.12. The second kappa shape index (κ2) is 5.75. The molecule has 1 unspecified atom stereocenters. The third-order valence-corrected chi connectivity index (χ3v) is 3.11. The minimum Gasteiger partial charge on any atom is -0.353 e. The lowest BCUT2D eigenvalue weighted by atomic mass is 10.4. The Labute approximate surface area is 96.5 Å². The first-order chi connectivity index (χ1) is 7.49. The van der Waals surface area contributed by atoms with Crippen molar-refractivity contribution in [1.82, 2.24) is 5.32 Å². The van der Waals surface area contributed by atoms with Gasteiger partial charge in [-0.3, -0.25) is 9.00 Å². The summed E-state index contributed by atoms with van der Waals surface area (Å²) < 4.78 is 24.3. The number of halogens is 1. The van der Waals surface area contributed by atoms with Crippen LogP contribution in [0.5, 0.6) is 0 Å². The largest absolute Gasteiger partial charge is 0.353 e. The van der Waals surface area contributed by atoms with Crippen molar-refractivity contribution < 1.29 is 13.4 Å². The monoisotopic (exact) mass is 243 g/mol. The lowest BCUT2D eigenvalue weighted by molar-refractivity contribution is -0.119. The number of nitrogens with one attached hydrogen (secondary N) is 1. The van der Waals surface area contributed by atoms with E-state index in [1.54, 1.807) is 0 Å². The van der Waals surface area contributed by atoms with Gasteiger partial charge in [0.15, 0.2) is 0 Å². The predicted octanol–water partition coefficient (Wildman–Crippen LogP) is 1.46. The minimum absolute atomic E-state index is 0.0257. The molecule has 1 amide bonds. The zero-order chi connectivity index (χ0) is 12.1. The number of carbonyl (C=O) groups is 1. The lowest BCUT2D eigenvalue weighted by Crippen LogP contribution is -2.33. The Bertz CT molecular complexity index is 389. The molecule has 1 rings (SSSR count). The number of amides is 1. The third-order valence-electron chi connectivity index (χ3n) is 1.79. The highest BCUT2D eigenvalue weighted by atomic mass is 32.2. The van der Waals surface area contributed by atoms with Gasteiger partial charge >= 0.3 is 0 Å². The van der Waals surface area contributed by atoms with Gasteiger partial charge in [-0.25, -0.2) is 4.39 Å². The molecule has 1 atom stereocenters. The molecule has 0 aliphatic rings. The van der Waals surface area contributed by atoms with Crippen LogP contribution in [0.1, 0.15) is 13.8 Å². The molecule has 88 valence electrons. The van der Waals surface area contributed by atoms with Crippen LogP contribution < -0.4 is 5.32 Å². The Morgan fingerprint density at radius 2 is 1.94 bits per heavy atom. The molecule has 0 saturated heterocycles. The van der Waals surface area contributed by atoms with E-state index in [9.17, 15) is 13.4 Å². The molecule has 1 aromatic carbocycles. The van der Waals surface area contributed by atoms with Crippen molar-refractivity contribution in [3.05, 3.63) is 30.1 Å². The summed E-state index contributed by atoms with van der Waals surface area (Å²) >= 11 is 0. The van der Waals surface area contributed by atoms with E-state index in [0.29, 0.717) is 4.90 Å². The van der Waals surface area contributed by atoms with E-state index < -0.39 is 10.8 Å². The van der Waals surface area contributed by atoms with Gasteiger partial charge in [0.05, 0.1) is 10.8 Å². The van der Waals surface area contributed by atoms with E-state index in [-0.39, 0.29) is 23.5 Å². The highest BCUT2D eigenvalue weighted by Gasteiger charge is 2.10. The summed E-state index contributed by atoms with van der Waals surface area (Å²) in [6.45, 7) is 3.66. The van der Waals surface area contributed by atoms with Gasteiger partial charge < -0.3 is 5.32 Å². The van der Waals surface area contributed by atoms with Gasteiger partial charge in [0.25, 0.3) is 0 Å². The van der Waals surface area contributed by atoms with Gasteiger partial charge in [-0.1, -0.05) is 0 Å². The quantitative estimate of drug-likeness (QED) is 0.870. The summed E-state index contributed by atoms with van der Waals surface area (Å²) in [7, 11) is -1.42. The molecule has 1 N–H and O–H groups in total. The van der Waals surface area contributed by atoms with Crippen LogP contribution in [0.3, 0.4) is 0 Å². The van der Waals surface area contributed by atoms with E-state index in [4.69, 9.17) is 0 Å². The van der Waals surface area contributed by atoms with Gasteiger partial charge in [0.2, 0.25) is 5.91 Å². The van der Waals surface area contributed by atoms with Crippen LogP contribution in [-0.4, -0.2) is 21.9 Å². The molecule has 0 aromatic heterocycles. The fraction of sp³-hybridized carbons (Fsp3) is 0.364. The van der Waals surface area contributed by atoms with Gasteiger partial charge in [-0.05, 0) is 38.1 Å². The molecular formula is C11H14FNO2S. The van der Waals surface area contributed by atoms with Crippen LogP contribution in [0.4, 0.5) is 4.39 Å². The van der Waals surface area contributed by atoms with Crippen LogP contribution in [0.25, 0.3) is 0 Å². The number of rotatable bonds is 4. The fourth-order valence-electron chi connectivity index (χ4n) is 1.15. The molecule has 16 heavy (non-hydrogen) atoms. The van der Waals surface area contributed by atoms with Gasteiger partial charge in [-0.2, -0.15) is 0 Å². The Kier molecular flexibility index (Phi) is 4.61. The number of benzene rings is 1. The predicted molar refractivity (Wildman–Crippen MR) is 61.0 cm³/mol. The first-order valence-electron chi connectivity index (χ1n) is 4.92. The SMILES string of the molecule is CC(C)NC(=O)CS(=O)c1ccc(F)cc1. The fourth-order valence-corrected chi connectivity index (χ4v) is 2.08. The zero-order valence-corrected chi connectivity index (χ0v) is 10.0.